The fourth-order valence-electron chi connectivity index (χ4n) is 1.62. The molecule has 0 saturated heterocycles. The second-order valence-corrected chi connectivity index (χ2v) is 4.00. The van der Waals surface area contributed by atoms with Gasteiger partial charge in [0.2, 0.25) is 0 Å². The third-order valence-electron chi connectivity index (χ3n) is 2.68. The molecule has 0 unspecified atom stereocenters. The van der Waals surface area contributed by atoms with E-state index in [2.05, 4.69) is 0 Å². The van der Waals surface area contributed by atoms with E-state index >= 15 is 0 Å². The number of para-hydroxylation sites is 1. The minimum Gasteiger partial charge on any atom is -0.507 e. The van der Waals surface area contributed by atoms with Crippen molar-refractivity contribution in [1.82, 2.24) is 0 Å². The van der Waals surface area contributed by atoms with Crippen LogP contribution in [0.3, 0.4) is 0 Å². The Bertz CT molecular complexity index is 625. The molecule has 19 heavy (non-hydrogen) atoms. The first-order valence-corrected chi connectivity index (χ1v) is 5.76. The van der Waals surface area contributed by atoms with Gasteiger partial charge in [0.15, 0.2) is 5.78 Å². The molecule has 1 N–H and O–H groups in total. The SMILES string of the molecule is O=Cc1ccc(C(=O)/C=C/c2ccccc2O)cc1. The molecule has 0 heterocycles. The largest absolute Gasteiger partial charge is 0.507 e. The maximum atomic E-state index is 11.9. The highest BCUT2D eigenvalue weighted by molar-refractivity contribution is 6.07. The molecule has 0 aromatic heterocycles. The number of allylic oxidation sites excluding steroid dienone is 1. The topological polar surface area (TPSA) is 54.4 Å². The molecule has 0 aliphatic rings. The van der Waals surface area contributed by atoms with Crippen LogP contribution in [0.1, 0.15) is 26.3 Å². The van der Waals surface area contributed by atoms with Crippen LogP contribution in [0.2, 0.25) is 0 Å². The van der Waals surface area contributed by atoms with Gasteiger partial charge in [-0.05, 0) is 18.2 Å². The Kier molecular flexibility index (Phi) is 3.88. The van der Waals surface area contributed by atoms with E-state index in [9.17, 15) is 14.7 Å². The first kappa shape index (κ1) is 12.8. The summed E-state index contributed by atoms with van der Waals surface area (Å²) in [6.45, 7) is 0. The second-order valence-electron chi connectivity index (χ2n) is 4.00. The molecule has 2 aromatic rings. The first-order valence-electron chi connectivity index (χ1n) is 5.76. The normalized spacial score (nSPS) is 10.5. The summed E-state index contributed by atoms with van der Waals surface area (Å²) in [7, 11) is 0. The van der Waals surface area contributed by atoms with E-state index in [1.54, 1.807) is 54.6 Å². The van der Waals surface area contributed by atoms with Crippen molar-refractivity contribution in [1.29, 1.82) is 0 Å². The average molecular weight is 252 g/mol. The highest BCUT2D eigenvalue weighted by atomic mass is 16.3. The molecule has 94 valence electrons. The monoisotopic (exact) mass is 252 g/mol. The van der Waals surface area contributed by atoms with Crippen molar-refractivity contribution in [3.05, 3.63) is 71.3 Å². The van der Waals surface area contributed by atoms with Crippen molar-refractivity contribution < 1.29 is 14.7 Å². The number of aldehydes is 1. The molecule has 0 spiro atoms. The van der Waals surface area contributed by atoms with Gasteiger partial charge in [0.05, 0.1) is 0 Å². The maximum absolute atomic E-state index is 11.9. The fraction of sp³-hybridized carbons (Fsp3) is 0. The lowest BCUT2D eigenvalue weighted by atomic mass is 10.1. The molecular weight excluding hydrogens is 240 g/mol. The number of hydrogen-bond donors (Lipinski definition) is 1. The van der Waals surface area contributed by atoms with Crippen LogP contribution in [0.5, 0.6) is 5.75 Å². The molecule has 0 aliphatic heterocycles. The van der Waals surface area contributed by atoms with Gasteiger partial charge < -0.3 is 5.11 Å². The lowest BCUT2D eigenvalue weighted by Gasteiger charge is -1.98. The van der Waals surface area contributed by atoms with Gasteiger partial charge in [-0.2, -0.15) is 0 Å². The minimum absolute atomic E-state index is 0.128. The van der Waals surface area contributed by atoms with Crippen LogP contribution in [-0.2, 0) is 0 Å². The molecule has 2 rings (SSSR count). The minimum atomic E-state index is -0.180. The Labute approximate surface area is 110 Å². The van der Waals surface area contributed by atoms with Gasteiger partial charge in [0.25, 0.3) is 0 Å². The number of carbonyl (C=O) groups is 2. The summed E-state index contributed by atoms with van der Waals surface area (Å²) >= 11 is 0. The van der Waals surface area contributed by atoms with Crippen molar-refractivity contribution >= 4 is 18.1 Å². The molecule has 0 aliphatic carbocycles. The lowest BCUT2D eigenvalue weighted by molar-refractivity contribution is 0.104. The van der Waals surface area contributed by atoms with E-state index in [1.807, 2.05) is 0 Å². The second kappa shape index (κ2) is 5.78. The number of carbonyl (C=O) groups excluding carboxylic acids is 2. The summed E-state index contributed by atoms with van der Waals surface area (Å²) in [6, 6.07) is 13.2. The summed E-state index contributed by atoms with van der Waals surface area (Å²) in [5.41, 5.74) is 1.61. The molecular formula is C16H12O3. The lowest BCUT2D eigenvalue weighted by Crippen LogP contribution is -1.94. The molecule has 0 bridgehead atoms. The zero-order chi connectivity index (χ0) is 13.7. The number of aromatic hydroxyl groups is 1. The predicted octanol–water partition coefficient (Wildman–Crippen LogP) is 3.10. The highest BCUT2D eigenvalue weighted by Gasteiger charge is 2.02. The summed E-state index contributed by atoms with van der Waals surface area (Å²) in [4.78, 5) is 22.4. The van der Waals surface area contributed by atoms with E-state index in [0.29, 0.717) is 16.7 Å². The molecule has 3 heteroatoms. The smallest absolute Gasteiger partial charge is 0.185 e. The van der Waals surface area contributed by atoms with Crippen LogP contribution in [0.15, 0.2) is 54.6 Å². The number of hydrogen-bond acceptors (Lipinski definition) is 3. The Morgan fingerprint density at radius 3 is 2.32 bits per heavy atom. The Morgan fingerprint density at radius 2 is 1.68 bits per heavy atom. The zero-order valence-electron chi connectivity index (χ0n) is 10.1. The Hall–Kier alpha value is -2.68. The van der Waals surface area contributed by atoms with Crippen LogP contribution in [0.25, 0.3) is 6.08 Å². The Morgan fingerprint density at radius 1 is 1.00 bits per heavy atom. The van der Waals surface area contributed by atoms with Crippen molar-refractivity contribution in [3.8, 4) is 5.75 Å². The molecule has 0 radical (unpaired) electrons. The van der Waals surface area contributed by atoms with Crippen LogP contribution >= 0.6 is 0 Å². The van der Waals surface area contributed by atoms with E-state index in [-0.39, 0.29) is 11.5 Å². The third-order valence-corrected chi connectivity index (χ3v) is 2.68. The van der Waals surface area contributed by atoms with Crippen molar-refractivity contribution in [2.75, 3.05) is 0 Å². The maximum Gasteiger partial charge on any atom is 0.185 e. The molecule has 0 atom stereocenters. The van der Waals surface area contributed by atoms with Crippen LogP contribution in [-0.4, -0.2) is 17.2 Å². The number of phenols is 1. The number of rotatable bonds is 4. The summed E-state index contributed by atoms with van der Waals surface area (Å²) in [6.07, 6.45) is 3.68. The van der Waals surface area contributed by atoms with Crippen LogP contribution in [0, 0.1) is 0 Å². The molecule has 2 aromatic carbocycles. The van der Waals surface area contributed by atoms with Crippen LogP contribution in [0.4, 0.5) is 0 Å². The third kappa shape index (κ3) is 3.16. The summed E-state index contributed by atoms with van der Waals surface area (Å²) < 4.78 is 0. The van der Waals surface area contributed by atoms with Gasteiger partial charge in [0, 0.05) is 16.7 Å². The molecule has 0 fully saturated rings. The van der Waals surface area contributed by atoms with E-state index in [4.69, 9.17) is 0 Å². The van der Waals surface area contributed by atoms with Gasteiger partial charge in [-0.25, -0.2) is 0 Å². The number of phenolic OH excluding ortho intramolecular Hbond substituents is 1. The van der Waals surface area contributed by atoms with Gasteiger partial charge in [0.1, 0.15) is 12.0 Å². The van der Waals surface area contributed by atoms with Gasteiger partial charge in [-0.3, -0.25) is 9.59 Å². The molecule has 0 amide bonds. The van der Waals surface area contributed by atoms with E-state index in [0.717, 1.165) is 6.29 Å². The Balaban J connectivity index is 2.16. The fourth-order valence-corrected chi connectivity index (χ4v) is 1.62. The van der Waals surface area contributed by atoms with Crippen molar-refractivity contribution in [2.45, 2.75) is 0 Å². The van der Waals surface area contributed by atoms with Gasteiger partial charge in [-0.1, -0.05) is 42.5 Å². The quantitative estimate of drug-likeness (QED) is 0.517. The van der Waals surface area contributed by atoms with Crippen molar-refractivity contribution in [2.24, 2.45) is 0 Å². The highest BCUT2D eigenvalue weighted by Crippen LogP contribution is 2.17. The van der Waals surface area contributed by atoms with Crippen LogP contribution < -0.4 is 0 Å². The standard InChI is InChI=1S/C16H12O3/c17-11-12-5-7-14(8-6-12)16(19)10-9-13-3-1-2-4-15(13)18/h1-11,18H/b10-9+. The zero-order valence-corrected chi connectivity index (χ0v) is 10.1. The summed E-state index contributed by atoms with van der Waals surface area (Å²) in [5, 5.41) is 9.56. The number of ketones is 1. The summed E-state index contributed by atoms with van der Waals surface area (Å²) in [5.74, 6) is -0.0523. The van der Waals surface area contributed by atoms with Gasteiger partial charge >= 0.3 is 0 Å². The first-order chi connectivity index (χ1) is 9.20. The molecule has 3 nitrogen and oxygen atoms in total. The van der Waals surface area contributed by atoms with Crippen molar-refractivity contribution in [3.63, 3.8) is 0 Å². The molecule has 0 saturated carbocycles. The average Bonchev–Trinajstić information content (AvgIpc) is 2.46. The van der Waals surface area contributed by atoms with Gasteiger partial charge in [-0.15, -0.1) is 0 Å². The predicted molar refractivity (Wildman–Crippen MR) is 73.3 cm³/mol. The van der Waals surface area contributed by atoms with E-state index in [1.165, 1.54) is 6.08 Å². The number of benzene rings is 2. The van der Waals surface area contributed by atoms with E-state index < -0.39 is 0 Å².